The molecule has 0 bridgehead atoms. The van der Waals surface area contributed by atoms with Gasteiger partial charge in [-0.15, -0.1) is 0 Å². The van der Waals surface area contributed by atoms with E-state index in [2.05, 4.69) is 0 Å². The van der Waals surface area contributed by atoms with Crippen LogP contribution in [0.25, 0.3) is 16.7 Å². The standard InChI is InChI=1S/C39H35NO10S3/c1-8-50-25-16-12-15-24-26-32(38(2,3)40(28(24)25)33(41)23-19-17-22(18-20-23)21-13-10-9-11-14-21)51-29(35(43)47-5)27(34(42)46-4)39(26)52-30(36(44)48-6)31(53-39)37(45)49-7/h9-20H,8H2,1-7H3. The van der Waals surface area contributed by atoms with Crippen LogP contribution >= 0.6 is 35.3 Å². The van der Waals surface area contributed by atoms with Crippen molar-refractivity contribution in [3.63, 3.8) is 0 Å². The van der Waals surface area contributed by atoms with Gasteiger partial charge in [-0.1, -0.05) is 89.9 Å². The van der Waals surface area contributed by atoms with E-state index in [4.69, 9.17) is 23.7 Å². The van der Waals surface area contributed by atoms with Crippen LogP contribution in [-0.4, -0.2) is 74.4 Å². The van der Waals surface area contributed by atoms with Gasteiger partial charge in [-0.2, -0.15) is 0 Å². The number of hydrogen-bond acceptors (Lipinski definition) is 13. The third-order valence-electron chi connectivity index (χ3n) is 8.86. The summed E-state index contributed by atoms with van der Waals surface area (Å²) in [5, 5.41) is 0. The third-order valence-corrected chi connectivity index (χ3v) is 13.5. The number of hydrogen-bond donors (Lipinski definition) is 0. The Kier molecular flexibility index (Phi) is 10.6. The molecule has 0 radical (unpaired) electrons. The first kappa shape index (κ1) is 37.8. The number of rotatable bonds is 8. The smallest absolute Gasteiger partial charge is 0.345 e. The number of para-hydroxylation sites is 1. The van der Waals surface area contributed by atoms with Gasteiger partial charge in [0.05, 0.1) is 51.8 Å². The van der Waals surface area contributed by atoms with Crippen molar-refractivity contribution in [1.82, 2.24) is 0 Å². The second-order valence-corrected chi connectivity index (χ2v) is 15.9. The number of esters is 4. The van der Waals surface area contributed by atoms with Crippen LogP contribution in [0.15, 0.2) is 98.0 Å². The fourth-order valence-corrected chi connectivity index (χ4v) is 11.6. The zero-order chi connectivity index (χ0) is 38.2. The van der Waals surface area contributed by atoms with Crippen LogP contribution in [0.2, 0.25) is 0 Å². The maximum atomic E-state index is 14.9. The zero-order valence-electron chi connectivity index (χ0n) is 29.9. The number of carbonyl (C=O) groups is 5. The van der Waals surface area contributed by atoms with Crippen LogP contribution in [0.3, 0.4) is 0 Å². The van der Waals surface area contributed by atoms with E-state index >= 15 is 0 Å². The Morgan fingerprint density at radius 2 is 1.21 bits per heavy atom. The Bertz CT molecular complexity index is 2110. The first-order valence-corrected chi connectivity index (χ1v) is 18.7. The summed E-state index contributed by atoms with van der Waals surface area (Å²) in [6.07, 6.45) is 0. The molecule has 274 valence electrons. The molecule has 3 heterocycles. The molecule has 0 aromatic heterocycles. The predicted molar refractivity (Wildman–Crippen MR) is 205 cm³/mol. The third kappa shape index (κ3) is 6.21. The summed E-state index contributed by atoms with van der Waals surface area (Å²) in [4.78, 5) is 71.0. The molecule has 0 atom stereocenters. The minimum absolute atomic E-state index is 0.133. The number of amides is 1. The fourth-order valence-electron chi connectivity index (χ4n) is 6.51. The van der Waals surface area contributed by atoms with Gasteiger partial charge in [0.2, 0.25) is 0 Å². The van der Waals surface area contributed by atoms with Gasteiger partial charge in [0.1, 0.15) is 24.5 Å². The Morgan fingerprint density at radius 1 is 0.660 bits per heavy atom. The lowest BCUT2D eigenvalue weighted by Gasteiger charge is -2.51. The highest BCUT2D eigenvalue weighted by atomic mass is 32.2. The summed E-state index contributed by atoms with van der Waals surface area (Å²) in [7, 11) is 4.69. The second kappa shape index (κ2) is 14.8. The van der Waals surface area contributed by atoms with Gasteiger partial charge in [-0.05, 0) is 50.1 Å². The Balaban J connectivity index is 1.65. The highest BCUT2D eigenvalue weighted by molar-refractivity contribution is 8.26. The highest BCUT2D eigenvalue weighted by Crippen LogP contribution is 2.71. The number of nitrogens with zero attached hydrogens (tertiary/aromatic N) is 1. The number of methoxy groups -OCH3 is 4. The Morgan fingerprint density at radius 3 is 1.75 bits per heavy atom. The molecule has 0 N–H and O–H groups in total. The van der Waals surface area contributed by atoms with Crippen molar-refractivity contribution in [2.45, 2.75) is 30.4 Å². The van der Waals surface area contributed by atoms with Gasteiger partial charge in [0, 0.05) is 21.6 Å². The van der Waals surface area contributed by atoms with E-state index in [0.29, 0.717) is 33.0 Å². The highest BCUT2D eigenvalue weighted by Gasteiger charge is 2.62. The topological polar surface area (TPSA) is 135 Å². The molecular weight excluding hydrogens is 739 g/mol. The van der Waals surface area contributed by atoms with E-state index in [1.807, 2.05) is 63.2 Å². The van der Waals surface area contributed by atoms with E-state index < -0.39 is 33.5 Å². The maximum absolute atomic E-state index is 14.9. The largest absolute Gasteiger partial charge is 0.492 e. The second-order valence-electron chi connectivity index (χ2n) is 12.2. The minimum Gasteiger partial charge on any atom is -0.492 e. The monoisotopic (exact) mass is 773 g/mol. The summed E-state index contributed by atoms with van der Waals surface area (Å²) in [5.41, 5.74) is 2.22. The van der Waals surface area contributed by atoms with E-state index in [1.54, 1.807) is 35.2 Å². The summed E-state index contributed by atoms with van der Waals surface area (Å²) < 4.78 is 25.1. The van der Waals surface area contributed by atoms with Crippen molar-refractivity contribution in [1.29, 1.82) is 0 Å². The van der Waals surface area contributed by atoms with Crippen molar-refractivity contribution in [2.75, 3.05) is 39.9 Å². The average Bonchev–Trinajstić information content (AvgIpc) is 3.57. The molecule has 0 aliphatic carbocycles. The predicted octanol–water partition coefficient (Wildman–Crippen LogP) is 6.98. The lowest BCUT2D eigenvalue weighted by atomic mass is 9.82. The molecule has 0 fully saturated rings. The van der Waals surface area contributed by atoms with Crippen LogP contribution in [0.1, 0.15) is 36.7 Å². The van der Waals surface area contributed by atoms with Crippen molar-refractivity contribution >= 4 is 76.3 Å². The van der Waals surface area contributed by atoms with Gasteiger partial charge in [0.25, 0.3) is 5.91 Å². The van der Waals surface area contributed by atoms with Crippen LogP contribution in [0.5, 0.6) is 5.75 Å². The quantitative estimate of drug-likeness (QED) is 0.172. The first-order valence-electron chi connectivity index (χ1n) is 16.3. The number of benzene rings is 3. The molecular formula is C39H35NO10S3. The normalized spacial score (nSPS) is 16.8. The lowest BCUT2D eigenvalue weighted by molar-refractivity contribution is -0.138. The van der Waals surface area contributed by atoms with E-state index in [0.717, 1.165) is 46.4 Å². The van der Waals surface area contributed by atoms with Crippen LogP contribution in [-0.2, 0) is 38.1 Å². The molecule has 3 aromatic rings. The molecule has 3 aromatic carbocycles. The molecule has 6 rings (SSSR count). The van der Waals surface area contributed by atoms with Crippen molar-refractivity contribution in [3.05, 3.63) is 109 Å². The van der Waals surface area contributed by atoms with Crippen molar-refractivity contribution in [3.8, 4) is 16.9 Å². The van der Waals surface area contributed by atoms with E-state index in [1.165, 1.54) is 28.4 Å². The Labute approximate surface area is 319 Å². The van der Waals surface area contributed by atoms with Gasteiger partial charge in [-0.25, -0.2) is 19.2 Å². The zero-order valence-corrected chi connectivity index (χ0v) is 32.3. The van der Waals surface area contributed by atoms with E-state index in [-0.39, 0.29) is 32.8 Å². The molecule has 53 heavy (non-hydrogen) atoms. The summed E-state index contributed by atoms with van der Waals surface area (Å²) in [6, 6.07) is 22.3. The SMILES string of the molecule is CCOc1cccc2c1N(C(=O)c1ccc(-c3ccccc3)cc1)C(C)(C)C1=C2C2(SC(C(=O)OC)=C(C(=O)OC)S2)C(C(=O)OC)=C(C(=O)OC)S1. The Hall–Kier alpha value is -4.92. The van der Waals surface area contributed by atoms with Gasteiger partial charge in [-0.3, -0.25) is 9.69 Å². The molecule has 14 heteroatoms. The molecule has 3 aliphatic heterocycles. The molecule has 0 saturated heterocycles. The maximum Gasteiger partial charge on any atom is 0.345 e. The van der Waals surface area contributed by atoms with Gasteiger partial charge in [0.15, 0.2) is 0 Å². The van der Waals surface area contributed by atoms with Gasteiger partial charge >= 0.3 is 23.9 Å². The molecule has 0 unspecified atom stereocenters. The first-order chi connectivity index (χ1) is 25.4. The molecule has 3 aliphatic rings. The summed E-state index contributed by atoms with van der Waals surface area (Å²) in [6.45, 7) is 5.73. The lowest BCUT2D eigenvalue weighted by Crippen LogP contribution is -2.54. The van der Waals surface area contributed by atoms with Crippen LogP contribution in [0.4, 0.5) is 5.69 Å². The summed E-state index contributed by atoms with van der Waals surface area (Å²) >= 11 is 2.69. The average molecular weight is 774 g/mol. The number of carbonyl (C=O) groups excluding carboxylic acids is 5. The number of anilines is 1. The molecule has 1 amide bonds. The number of fused-ring (bicyclic) bond motifs is 3. The van der Waals surface area contributed by atoms with Crippen LogP contribution < -0.4 is 9.64 Å². The van der Waals surface area contributed by atoms with Crippen molar-refractivity contribution < 1.29 is 47.7 Å². The van der Waals surface area contributed by atoms with Gasteiger partial charge < -0.3 is 23.7 Å². The minimum atomic E-state index is -1.71. The molecule has 1 spiro atoms. The van der Waals surface area contributed by atoms with Crippen molar-refractivity contribution in [2.24, 2.45) is 0 Å². The number of thioether (sulfide) groups is 3. The molecule has 11 nitrogen and oxygen atoms in total. The number of ether oxygens (including phenoxy) is 5. The van der Waals surface area contributed by atoms with Crippen LogP contribution in [0, 0.1) is 0 Å². The summed E-state index contributed by atoms with van der Waals surface area (Å²) in [5.74, 6) is -3.42. The fraction of sp³-hybridized carbons (Fsp3) is 0.256. The van der Waals surface area contributed by atoms with E-state index in [9.17, 15) is 24.0 Å². The molecule has 0 saturated carbocycles.